The Morgan fingerprint density at radius 1 is 0.930 bits per heavy atom. The van der Waals surface area contributed by atoms with E-state index in [2.05, 4.69) is 20.9 Å². The van der Waals surface area contributed by atoms with Gasteiger partial charge >= 0.3 is 12.1 Å². The van der Waals surface area contributed by atoms with E-state index in [0.717, 1.165) is 16.7 Å². The molecule has 12 heteroatoms. The SMILES string of the molecule is N=C(NCCC[C@H](NC(=O)Cn1c(N)nc(-c2ccccc2)c1-c1ccccc1)C(=O)O)NC(=O)OCc1ccccc1. The number of nitrogens with two attached hydrogens (primary N) is 1. The number of carboxylic acid groups (broad SMARTS) is 1. The van der Waals surface area contributed by atoms with Gasteiger partial charge < -0.3 is 30.8 Å². The fraction of sp³-hybridized carbons (Fsp3) is 0.194. The van der Waals surface area contributed by atoms with E-state index in [4.69, 9.17) is 15.9 Å². The normalized spacial score (nSPS) is 11.3. The molecule has 1 aromatic heterocycles. The number of guanidine groups is 1. The van der Waals surface area contributed by atoms with Crippen molar-refractivity contribution in [3.63, 3.8) is 0 Å². The summed E-state index contributed by atoms with van der Waals surface area (Å²) in [6.45, 7) is 0.00711. The van der Waals surface area contributed by atoms with Crippen molar-refractivity contribution in [3.8, 4) is 22.5 Å². The minimum atomic E-state index is -1.20. The van der Waals surface area contributed by atoms with Crippen LogP contribution in [0.1, 0.15) is 18.4 Å². The summed E-state index contributed by atoms with van der Waals surface area (Å²) in [4.78, 5) is 41.4. The molecule has 1 atom stereocenters. The molecule has 222 valence electrons. The lowest BCUT2D eigenvalue weighted by Crippen LogP contribution is -2.44. The number of alkyl carbamates (subject to hydrolysis) is 1. The van der Waals surface area contributed by atoms with Gasteiger partial charge in [0.15, 0.2) is 5.96 Å². The number of carbonyl (C=O) groups excluding carboxylic acids is 2. The third-order valence-corrected chi connectivity index (χ3v) is 6.44. The predicted octanol–water partition coefficient (Wildman–Crippen LogP) is 3.60. The number of amides is 2. The maximum absolute atomic E-state index is 13.0. The first-order valence-corrected chi connectivity index (χ1v) is 13.6. The van der Waals surface area contributed by atoms with Gasteiger partial charge in [0.05, 0.1) is 11.4 Å². The van der Waals surface area contributed by atoms with Gasteiger partial charge in [0.25, 0.3) is 0 Å². The van der Waals surface area contributed by atoms with Crippen molar-refractivity contribution >= 4 is 29.9 Å². The highest BCUT2D eigenvalue weighted by atomic mass is 16.5. The molecule has 0 unspecified atom stereocenters. The number of aromatic nitrogens is 2. The van der Waals surface area contributed by atoms with Gasteiger partial charge in [-0.3, -0.25) is 15.5 Å². The van der Waals surface area contributed by atoms with E-state index in [-0.39, 0.29) is 38.0 Å². The Kier molecular flexibility index (Phi) is 10.5. The highest BCUT2D eigenvalue weighted by molar-refractivity contribution is 5.92. The van der Waals surface area contributed by atoms with E-state index in [1.807, 2.05) is 91.0 Å². The summed E-state index contributed by atoms with van der Waals surface area (Å²) >= 11 is 0. The van der Waals surface area contributed by atoms with Crippen LogP contribution in [0.15, 0.2) is 91.0 Å². The first-order chi connectivity index (χ1) is 20.8. The zero-order valence-corrected chi connectivity index (χ0v) is 23.3. The lowest BCUT2D eigenvalue weighted by atomic mass is 10.0. The maximum atomic E-state index is 13.0. The van der Waals surface area contributed by atoms with E-state index >= 15 is 0 Å². The number of carbonyl (C=O) groups is 3. The van der Waals surface area contributed by atoms with E-state index < -0.39 is 24.0 Å². The average molecular weight is 584 g/mol. The van der Waals surface area contributed by atoms with E-state index in [0.29, 0.717) is 17.8 Å². The summed E-state index contributed by atoms with van der Waals surface area (Å²) in [5.41, 5.74) is 9.94. The van der Waals surface area contributed by atoms with Gasteiger partial charge in [-0.25, -0.2) is 14.6 Å². The number of nitrogens with zero attached hydrogens (tertiary/aromatic N) is 2. The Balaban J connectivity index is 1.31. The summed E-state index contributed by atoms with van der Waals surface area (Å²) in [6.07, 6.45) is -0.415. The number of carboxylic acids is 1. The fourth-order valence-corrected chi connectivity index (χ4v) is 4.38. The van der Waals surface area contributed by atoms with Crippen LogP contribution in [0.5, 0.6) is 0 Å². The van der Waals surface area contributed by atoms with Crippen molar-refractivity contribution in [3.05, 3.63) is 96.6 Å². The molecular formula is C31H33N7O5. The lowest BCUT2D eigenvalue weighted by Gasteiger charge is -2.17. The van der Waals surface area contributed by atoms with Crippen molar-refractivity contribution in [2.45, 2.75) is 32.0 Å². The summed E-state index contributed by atoms with van der Waals surface area (Å²) in [5.74, 6) is -1.90. The molecule has 12 nitrogen and oxygen atoms in total. The minimum Gasteiger partial charge on any atom is -0.480 e. The first kappa shape index (κ1) is 30.3. The summed E-state index contributed by atoms with van der Waals surface area (Å²) in [7, 11) is 0. The van der Waals surface area contributed by atoms with Gasteiger partial charge in [0.2, 0.25) is 11.9 Å². The van der Waals surface area contributed by atoms with Crippen LogP contribution in [-0.2, 0) is 27.5 Å². The minimum absolute atomic E-state index is 0.0606. The molecule has 2 amide bonds. The Morgan fingerprint density at radius 3 is 2.16 bits per heavy atom. The molecule has 0 saturated heterocycles. The highest BCUT2D eigenvalue weighted by Gasteiger charge is 2.23. The number of imidazole rings is 1. The molecule has 3 aromatic carbocycles. The van der Waals surface area contributed by atoms with Crippen molar-refractivity contribution in [1.82, 2.24) is 25.5 Å². The largest absolute Gasteiger partial charge is 0.480 e. The third kappa shape index (κ3) is 8.67. The van der Waals surface area contributed by atoms with Crippen LogP contribution in [0.3, 0.4) is 0 Å². The molecule has 0 aliphatic carbocycles. The second kappa shape index (κ2) is 14.8. The molecule has 0 radical (unpaired) electrons. The van der Waals surface area contributed by atoms with E-state index in [9.17, 15) is 19.5 Å². The van der Waals surface area contributed by atoms with Crippen LogP contribution in [-0.4, -0.2) is 51.2 Å². The number of ether oxygens (including phenoxy) is 1. The standard InChI is InChI=1S/C31H33N7O5/c32-29(37-31(42)43-20-21-11-4-1-5-12-21)34-18-10-17-24(28(40)41)35-25(39)19-38-27(23-15-8-3-9-16-23)26(36-30(38)33)22-13-6-2-7-14-22/h1-9,11-16,24H,10,17-20H2,(H2,33,36)(H,35,39)(H,40,41)(H3,32,34,37,42)/t24-/m0/s1. The van der Waals surface area contributed by atoms with Gasteiger partial charge in [-0.1, -0.05) is 91.0 Å². The monoisotopic (exact) mass is 583 g/mol. The summed E-state index contributed by atoms with van der Waals surface area (Å²) < 4.78 is 6.63. The lowest BCUT2D eigenvalue weighted by molar-refractivity contribution is -0.142. The van der Waals surface area contributed by atoms with Gasteiger partial charge in [-0.15, -0.1) is 0 Å². The zero-order chi connectivity index (χ0) is 30.6. The molecule has 1 heterocycles. The Bertz CT molecular complexity index is 1540. The van der Waals surface area contributed by atoms with E-state index in [1.165, 1.54) is 0 Å². The third-order valence-electron chi connectivity index (χ3n) is 6.44. The van der Waals surface area contributed by atoms with Gasteiger partial charge in [-0.2, -0.15) is 0 Å². The molecule has 0 saturated carbocycles. The fourth-order valence-electron chi connectivity index (χ4n) is 4.38. The van der Waals surface area contributed by atoms with Crippen molar-refractivity contribution in [1.29, 1.82) is 5.41 Å². The summed E-state index contributed by atoms with van der Waals surface area (Å²) in [6, 6.07) is 26.8. The molecular weight excluding hydrogens is 550 g/mol. The number of anilines is 1. The number of benzene rings is 3. The van der Waals surface area contributed by atoms with Crippen LogP contribution < -0.4 is 21.7 Å². The second-order valence-electron chi connectivity index (χ2n) is 9.57. The molecule has 0 aliphatic rings. The molecule has 0 bridgehead atoms. The number of hydrogen-bond acceptors (Lipinski definition) is 7. The first-order valence-electron chi connectivity index (χ1n) is 13.6. The molecule has 4 aromatic rings. The van der Waals surface area contributed by atoms with Crippen LogP contribution in [0.2, 0.25) is 0 Å². The Hall–Kier alpha value is -5.65. The second-order valence-corrected chi connectivity index (χ2v) is 9.57. The van der Waals surface area contributed by atoms with E-state index in [1.54, 1.807) is 4.57 Å². The quantitative estimate of drug-likeness (QED) is 0.0830. The number of rotatable bonds is 12. The molecule has 0 fully saturated rings. The maximum Gasteiger partial charge on any atom is 0.414 e. The number of hydrogen-bond donors (Lipinski definition) is 6. The van der Waals surface area contributed by atoms with Crippen LogP contribution in [0.4, 0.5) is 10.7 Å². The predicted molar refractivity (Wildman–Crippen MR) is 162 cm³/mol. The molecule has 43 heavy (non-hydrogen) atoms. The number of nitrogens with one attached hydrogen (secondary N) is 4. The van der Waals surface area contributed by atoms with Crippen molar-refractivity contribution in [2.75, 3.05) is 12.3 Å². The van der Waals surface area contributed by atoms with Crippen LogP contribution >= 0.6 is 0 Å². The summed E-state index contributed by atoms with van der Waals surface area (Å²) in [5, 5.41) is 25.1. The Labute approximate surface area is 248 Å². The smallest absolute Gasteiger partial charge is 0.414 e. The van der Waals surface area contributed by atoms with Crippen molar-refractivity contribution < 1.29 is 24.2 Å². The zero-order valence-electron chi connectivity index (χ0n) is 23.3. The Morgan fingerprint density at radius 2 is 1.53 bits per heavy atom. The van der Waals surface area contributed by atoms with Gasteiger partial charge in [-0.05, 0) is 18.4 Å². The van der Waals surface area contributed by atoms with Gasteiger partial charge in [0, 0.05) is 17.7 Å². The van der Waals surface area contributed by atoms with Gasteiger partial charge in [0.1, 0.15) is 19.2 Å². The van der Waals surface area contributed by atoms with Crippen LogP contribution in [0.25, 0.3) is 22.5 Å². The number of nitrogen functional groups attached to an aromatic ring is 1. The van der Waals surface area contributed by atoms with Crippen molar-refractivity contribution in [2.24, 2.45) is 0 Å². The molecule has 4 rings (SSSR count). The molecule has 7 N–H and O–H groups in total. The number of aliphatic carboxylic acids is 1. The highest BCUT2D eigenvalue weighted by Crippen LogP contribution is 2.33. The molecule has 0 spiro atoms. The van der Waals surface area contributed by atoms with Crippen LogP contribution in [0, 0.1) is 5.41 Å². The molecule has 0 aliphatic heterocycles. The topological polar surface area (TPSA) is 184 Å². The average Bonchev–Trinajstić information content (AvgIpc) is 3.34.